The molecule has 2 aliphatic heterocycles. The second-order valence-corrected chi connectivity index (χ2v) is 8.36. The normalized spacial score (nSPS) is 20.2. The first-order valence-electron chi connectivity index (χ1n) is 9.77. The summed E-state index contributed by atoms with van der Waals surface area (Å²) in [5.74, 6) is 3.34. The van der Waals surface area contributed by atoms with Crippen LogP contribution in [0.25, 0.3) is 0 Å². The van der Waals surface area contributed by atoms with Crippen LogP contribution in [0.4, 0.5) is 0 Å². The molecule has 6 nitrogen and oxygen atoms in total. The molecule has 0 aromatic carbocycles. The van der Waals surface area contributed by atoms with Crippen molar-refractivity contribution >= 4 is 17.7 Å². The Labute approximate surface area is 169 Å². The third-order valence-electron chi connectivity index (χ3n) is 5.04. The highest BCUT2D eigenvalue weighted by atomic mass is 32.2. The van der Waals surface area contributed by atoms with Crippen LogP contribution in [0, 0.1) is 6.92 Å². The van der Waals surface area contributed by atoms with Gasteiger partial charge in [-0.1, -0.05) is 6.07 Å². The predicted molar refractivity (Wildman–Crippen MR) is 109 cm³/mol. The van der Waals surface area contributed by atoms with E-state index in [2.05, 4.69) is 9.97 Å². The van der Waals surface area contributed by atoms with Crippen LogP contribution in [-0.4, -0.2) is 57.6 Å². The van der Waals surface area contributed by atoms with E-state index in [4.69, 9.17) is 9.47 Å². The van der Waals surface area contributed by atoms with Gasteiger partial charge < -0.3 is 14.4 Å². The van der Waals surface area contributed by atoms with Crippen LogP contribution < -0.4 is 9.47 Å². The molecule has 2 aliphatic rings. The number of aryl methyl sites for hydroxylation is 1. The number of nitrogens with zero attached hydrogens (tertiary/aromatic N) is 3. The second-order valence-electron chi connectivity index (χ2n) is 7.21. The average Bonchev–Trinajstić information content (AvgIpc) is 3.21. The molecule has 0 N–H and O–H groups in total. The summed E-state index contributed by atoms with van der Waals surface area (Å²) in [5, 5.41) is 0. The van der Waals surface area contributed by atoms with E-state index in [0.29, 0.717) is 30.4 Å². The van der Waals surface area contributed by atoms with Gasteiger partial charge in [0.05, 0.1) is 0 Å². The molecule has 7 heteroatoms. The molecule has 1 unspecified atom stereocenters. The molecule has 0 aliphatic carbocycles. The molecule has 2 aromatic heterocycles. The van der Waals surface area contributed by atoms with Gasteiger partial charge in [0.25, 0.3) is 5.91 Å². The number of amides is 1. The molecule has 2 aromatic rings. The zero-order valence-corrected chi connectivity index (χ0v) is 16.9. The number of thioether (sulfide) groups is 1. The first-order chi connectivity index (χ1) is 13.7. The van der Waals surface area contributed by atoms with E-state index in [1.807, 2.05) is 41.8 Å². The van der Waals surface area contributed by atoms with E-state index >= 15 is 0 Å². The van der Waals surface area contributed by atoms with E-state index in [1.54, 1.807) is 18.3 Å². The molecular weight excluding hydrogens is 374 g/mol. The zero-order chi connectivity index (χ0) is 19.3. The van der Waals surface area contributed by atoms with Crippen molar-refractivity contribution in [1.82, 2.24) is 14.9 Å². The van der Waals surface area contributed by atoms with Gasteiger partial charge in [0, 0.05) is 61.3 Å². The average molecular weight is 400 g/mol. The number of carbonyl (C=O) groups is 1. The number of carbonyl (C=O) groups excluding carboxylic acids is 1. The molecule has 148 valence electrons. The summed E-state index contributed by atoms with van der Waals surface area (Å²) in [6.45, 7) is 3.30. The fourth-order valence-electron chi connectivity index (χ4n) is 3.50. The van der Waals surface area contributed by atoms with Crippen molar-refractivity contribution in [3.63, 3.8) is 0 Å². The molecule has 0 bridgehead atoms. The summed E-state index contributed by atoms with van der Waals surface area (Å²) in [7, 11) is 0. The third-order valence-corrected chi connectivity index (χ3v) is 6.17. The fourth-order valence-corrected chi connectivity index (χ4v) is 4.59. The lowest BCUT2D eigenvalue weighted by Crippen LogP contribution is -2.41. The molecule has 2 saturated heterocycles. The topological polar surface area (TPSA) is 64.5 Å². The fraction of sp³-hybridized carbons (Fsp3) is 0.476. The number of ether oxygens (including phenoxy) is 2. The summed E-state index contributed by atoms with van der Waals surface area (Å²) in [4.78, 5) is 23.4. The van der Waals surface area contributed by atoms with Crippen molar-refractivity contribution < 1.29 is 14.3 Å². The van der Waals surface area contributed by atoms with Gasteiger partial charge in [-0.3, -0.25) is 4.79 Å². The van der Waals surface area contributed by atoms with Gasteiger partial charge in [-0.15, -0.1) is 0 Å². The van der Waals surface area contributed by atoms with Crippen LogP contribution in [0.1, 0.15) is 35.3 Å². The smallest absolute Gasteiger partial charge is 0.254 e. The highest BCUT2D eigenvalue weighted by molar-refractivity contribution is 7.99. The maximum absolute atomic E-state index is 12.9. The van der Waals surface area contributed by atoms with Crippen molar-refractivity contribution in [3.05, 3.63) is 47.8 Å². The Kier molecular flexibility index (Phi) is 6.00. The second kappa shape index (κ2) is 8.82. The van der Waals surface area contributed by atoms with Gasteiger partial charge in [-0.25, -0.2) is 9.97 Å². The van der Waals surface area contributed by atoms with Crippen LogP contribution in [-0.2, 0) is 0 Å². The number of hydrogen-bond acceptors (Lipinski definition) is 6. The van der Waals surface area contributed by atoms with E-state index in [0.717, 1.165) is 36.5 Å². The largest absolute Gasteiger partial charge is 0.474 e. The Morgan fingerprint density at radius 2 is 1.93 bits per heavy atom. The standard InChI is InChI=1S/C21H25N3O3S/c1-15-3-2-4-19(23-15)26-17-6-10-24(11-7-17)21(25)16-5-9-22-20(13-16)27-18-8-12-28-14-18/h2-5,9,13,17-18H,6-8,10-12,14H2,1H3. The quantitative estimate of drug-likeness (QED) is 0.768. The number of likely N-dealkylation sites (tertiary alicyclic amines) is 1. The predicted octanol–water partition coefficient (Wildman–Crippen LogP) is 3.35. The Balaban J connectivity index is 1.32. The minimum absolute atomic E-state index is 0.0279. The monoisotopic (exact) mass is 399 g/mol. The van der Waals surface area contributed by atoms with Crippen LogP contribution in [0.2, 0.25) is 0 Å². The Morgan fingerprint density at radius 1 is 1.11 bits per heavy atom. The van der Waals surface area contributed by atoms with Crippen LogP contribution in [0.3, 0.4) is 0 Å². The van der Waals surface area contributed by atoms with Crippen molar-refractivity contribution in [2.75, 3.05) is 24.6 Å². The number of piperidine rings is 1. The summed E-state index contributed by atoms with van der Waals surface area (Å²) in [6.07, 6.45) is 4.59. The molecular formula is C21H25N3O3S. The van der Waals surface area contributed by atoms with Crippen molar-refractivity contribution in [2.45, 2.75) is 38.4 Å². The van der Waals surface area contributed by atoms with E-state index < -0.39 is 0 Å². The molecule has 0 saturated carbocycles. The van der Waals surface area contributed by atoms with Crippen molar-refractivity contribution in [3.8, 4) is 11.8 Å². The maximum Gasteiger partial charge on any atom is 0.254 e. The SMILES string of the molecule is Cc1cccc(OC2CCN(C(=O)c3ccnc(OC4CCSC4)c3)CC2)n1. The Bertz CT molecular complexity index is 818. The summed E-state index contributed by atoms with van der Waals surface area (Å²) < 4.78 is 11.9. The first-order valence-corrected chi connectivity index (χ1v) is 10.9. The van der Waals surface area contributed by atoms with Gasteiger partial charge in [0.15, 0.2) is 0 Å². The molecule has 0 radical (unpaired) electrons. The maximum atomic E-state index is 12.9. The van der Waals surface area contributed by atoms with E-state index in [9.17, 15) is 4.79 Å². The number of hydrogen-bond donors (Lipinski definition) is 0. The number of pyridine rings is 2. The highest BCUT2D eigenvalue weighted by Gasteiger charge is 2.26. The lowest BCUT2D eigenvalue weighted by molar-refractivity contribution is 0.0587. The van der Waals surface area contributed by atoms with Gasteiger partial charge in [0.2, 0.25) is 11.8 Å². The summed E-state index contributed by atoms with van der Waals surface area (Å²) in [6, 6.07) is 9.31. The minimum Gasteiger partial charge on any atom is -0.474 e. The third kappa shape index (κ3) is 4.76. The molecule has 1 amide bonds. The summed E-state index contributed by atoms with van der Waals surface area (Å²) >= 11 is 1.89. The lowest BCUT2D eigenvalue weighted by Gasteiger charge is -2.32. The van der Waals surface area contributed by atoms with Crippen molar-refractivity contribution in [2.24, 2.45) is 0 Å². The Hall–Kier alpha value is -2.28. The molecule has 1 atom stereocenters. The lowest BCUT2D eigenvalue weighted by atomic mass is 10.1. The van der Waals surface area contributed by atoms with Gasteiger partial charge >= 0.3 is 0 Å². The van der Waals surface area contributed by atoms with Gasteiger partial charge in [0.1, 0.15) is 12.2 Å². The zero-order valence-electron chi connectivity index (χ0n) is 16.0. The van der Waals surface area contributed by atoms with Gasteiger partial charge in [-0.05, 0) is 31.2 Å². The van der Waals surface area contributed by atoms with E-state index in [1.165, 1.54) is 0 Å². The van der Waals surface area contributed by atoms with Crippen LogP contribution in [0.5, 0.6) is 11.8 Å². The molecule has 2 fully saturated rings. The summed E-state index contributed by atoms with van der Waals surface area (Å²) in [5.41, 5.74) is 1.58. The Morgan fingerprint density at radius 3 is 2.68 bits per heavy atom. The van der Waals surface area contributed by atoms with Crippen molar-refractivity contribution in [1.29, 1.82) is 0 Å². The highest BCUT2D eigenvalue weighted by Crippen LogP contribution is 2.23. The minimum atomic E-state index is 0.0279. The number of rotatable bonds is 5. The van der Waals surface area contributed by atoms with Crippen LogP contribution >= 0.6 is 11.8 Å². The van der Waals surface area contributed by atoms with E-state index in [-0.39, 0.29) is 18.1 Å². The molecule has 0 spiro atoms. The van der Waals surface area contributed by atoms with Crippen LogP contribution in [0.15, 0.2) is 36.5 Å². The molecule has 4 rings (SSSR count). The number of aromatic nitrogens is 2. The molecule has 28 heavy (non-hydrogen) atoms. The molecule has 4 heterocycles. The van der Waals surface area contributed by atoms with Gasteiger partial charge in [-0.2, -0.15) is 11.8 Å². The first kappa shape index (κ1) is 19.1.